The summed E-state index contributed by atoms with van der Waals surface area (Å²) in [5.41, 5.74) is -0.581. The summed E-state index contributed by atoms with van der Waals surface area (Å²) in [5, 5.41) is 7.07. The highest BCUT2D eigenvalue weighted by Crippen LogP contribution is 2.31. The highest BCUT2D eigenvalue weighted by molar-refractivity contribution is 5.79. The molecule has 0 aliphatic carbocycles. The molecule has 0 atom stereocenters. The van der Waals surface area contributed by atoms with E-state index in [2.05, 4.69) is 19.9 Å². The molecular formula is C15H6F5N3O3. The first-order chi connectivity index (χ1) is 12.3. The molecular weight excluding hydrogens is 365 g/mol. The van der Waals surface area contributed by atoms with Crippen molar-refractivity contribution in [3.05, 3.63) is 48.2 Å². The molecule has 3 aromatic rings. The molecule has 0 radical (unpaired) electrons. The lowest BCUT2D eigenvalue weighted by molar-refractivity contribution is -0.189. The third-order valence-electron chi connectivity index (χ3n) is 3.01. The predicted octanol–water partition coefficient (Wildman–Crippen LogP) is 3.54. The summed E-state index contributed by atoms with van der Waals surface area (Å²) >= 11 is 0. The van der Waals surface area contributed by atoms with E-state index in [-0.39, 0.29) is 11.1 Å². The molecule has 0 aliphatic rings. The molecule has 0 amide bonds. The smallest absolute Gasteiger partial charge is 0.416 e. The van der Waals surface area contributed by atoms with E-state index in [0.717, 1.165) is 24.4 Å². The van der Waals surface area contributed by atoms with E-state index in [4.69, 9.17) is 4.42 Å². The molecule has 6 nitrogen and oxygen atoms in total. The van der Waals surface area contributed by atoms with Gasteiger partial charge < -0.3 is 9.15 Å². The molecule has 0 N–H and O–H groups in total. The van der Waals surface area contributed by atoms with Gasteiger partial charge in [0.05, 0.1) is 5.56 Å². The number of halogens is 5. The van der Waals surface area contributed by atoms with Gasteiger partial charge in [-0.05, 0) is 30.3 Å². The van der Waals surface area contributed by atoms with Gasteiger partial charge in [0, 0.05) is 6.20 Å². The Bertz CT molecular complexity index is 971. The minimum atomic E-state index is -5.24. The number of carbonyl (C=O) groups excluding carboxylic acids is 1. The molecule has 1 aromatic carbocycles. The second-order valence-corrected chi connectivity index (χ2v) is 4.78. The number of carbonyl (C=O) groups is 1. The average Bonchev–Trinajstić information content (AvgIpc) is 3.06. The Balaban J connectivity index is 1.98. The first kappa shape index (κ1) is 17.5. The van der Waals surface area contributed by atoms with Crippen LogP contribution < -0.4 is 4.74 Å². The summed E-state index contributed by atoms with van der Waals surface area (Å²) in [5.74, 6) is -5.66. The lowest BCUT2D eigenvalue weighted by Crippen LogP contribution is -2.28. The molecule has 26 heavy (non-hydrogen) atoms. The van der Waals surface area contributed by atoms with Gasteiger partial charge in [-0.1, -0.05) is 0 Å². The fourth-order valence-corrected chi connectivity index (χ4v) is 1.88. The summed E-state index contributed by atoms with van der Waals surface area (Å²) < 4.78 is 73.4. The zero-order chi connectivity index (χ0) is 18.9. The van der Waals surface area contributed by atoms with Crippen molar-refractivity contribution in [3.63, 3.8) is 0 Å². The second kappa shape index (κ2) is 6.50. The van der Waals surface area contributed by atoms with Crippen LogP contribution >= 0.6 is 0 Å². The number of esters is 1. The van der Waals surface area contributed by atoms with E-state index in [1.165, 1.54) is 12.1 Å². The van der Waals surface area contributed by atoms with Gasteiger partial charge in [-0.3, -0.25) is 0 Å². The fraction of sp³-hybridized carbons (Fsp3) is 0.0667. The zero-order valence-corrected chi connectivity index (χ0v) is 12.4. The number of benzene rings is 1. The average molecular weight is 371 g/mol. The largest absolute Gasteiger partial charge is 0.491 e. The van der Waals surface area contributed by atoms with E-state index < -0.39 is 41.4 Å². The molecule has 0 saturated heterocycles. The van der Waals surface area contributed by atoms with Crippen LogP contribution in [0.3, 0.4) is 0 Å². The minimum Gasteiger partial charge on any atom is -0.416 e. The monoisotopic (exact) mass is 371 g/mol. The maximum Gasteiger partial charge on any atom is 0.491 e. The van der Waals surface area contributed by atoms with Crippen LogP contribution in [0.4, 0.5) is 22.0 Å². The number of alkyl halides is 3. The predicted molar refractivity (Wildman–Crippen MR) is 74.6 cm³/mol. The SMILES string of the molecule is O=C(Oc1ncccc1-c1nnc(-c2cc(F)ccc2F)o1)C(F)(F)F. The Morgan fingerprint density at radius 2 is 1.73 bits per heavy atom. The maximum absolute atomic E-state index is 13.7. The van der Waals surface area contributed by atoms with E-state index in [1.54, 1.807) is 0 Å². The summed E-state index contributed by atoms with van der Waals surface area (Å²) in [6.07, 6.45) is -4.16. The van der Waals surface area contributed by atoms with Crippen molar-refractivity contribution in [3.8, 4) is 28.8 Å². The molecule has 0 aliphatic heterocycles. The molecule has 0 bridgehead atoms. The Morgan fingerprint density at radius 3 is 2.42 bits per heavy atom. The second-order valence-electron chi connectivity index (χ2n) is 4.78. The van der Waals surface area contributed by atoms with Crippen molar-refractivity contribution in [1.82, 2.24) is 15.2 Å². The van der Waals surface area contributed by atoms with Gasteiger partial charge in [0.1, 0.15) is 17.2 Å². The highest BCUT2D eigenvalue weighted by Gasteiger charge is 2.42. The van der Waals surface area contributed by atoms with Crippen LogP contribution in [0.1, 0.15) is 0 Å². The minimum absolute atomic E-state index is 0.235. The third kappa shape index (κ3) is 3.50. The molecule has 2 aromatic heterocycles. The summed E-state index contributed by atoms with van der Waals surface area (Å²) in [7, 11) is 0. The molecule has 0 saturated carbocycles. The van der Waals surface area contributed by atoms with Crippen LogP contribution in [0.15, 0.2) is 40.9 Å². The number of aromatic nitrogens is 3. The van der Waals surface area contributed by atoms with Gasteiger partial charge in [0.25, 0.3) is 11.8 Å². The van der Waals surface area contributed by atoms with Gasteiger partial charge in [-0.15, -0.1) is 10.2 Å². The Kier molecular flexibility index (Phi) is 4.36. The first-order valence-corrected chi connectivity index (χ1v) is 6.79. The van der Waals surface area contributed by atoms with Crippen LogP contribution in [0.2, 0.25) is 0 Å². The molecule has 3 rings (SSSR count). The summed E-state index contributed by atoms with van der Waals surface area (Å²) in [6.45, 7) is 0. The van der Waals surface area contributed by atoms with Crippen LogP contribution in [-0.4, -0.2) is 27.3 Å². The van der Waals surface area contributed by atoms with Crippen LogP contribution in [0.5, 0.6) is 5.88 Å². The van der Waals surface area contributed by atoms with Crippen LogP contribution in [0.25, 0.3) is 22.9 Å². The maximum atomic E-state index is 13.7. The molecule has 0 unspecified atom stereocenters. The van der Waals surface area contributed by atoms with Gasteiger partial charge >= 0.3 is 12.1 Å². The van der Waals surface area contributed by atoms with Crippen molar-refractivity contribution in [2.45, 2.75) is 6.18 Å². The summed E-state index contributed by atoms with van der Waals surface area (Å²) in [6, 6.07) is 5.04. The lowest BCUT2D eigenvalue weighted by Gasteiger charge is -2.07. The van der Waals surface area contributed by atoms with Crippen LogP contribution in [-0.2, 0) is 4.79 Å². The Hall–Kier alpha value is -3.37. The Morgan fingerprint density at radius 1 is 1.04 bits per heavy atom. The van der Waals surface area contributed by atoms with E-state index >= 15 is 0 Å². The van der Waals surface area contributed by atoms with Crippen LogP contribution in [0, 0.1) is 11.6 Å². The number of hydrogen-bond donors (Lipinski definition) is 0. The van der Waals surface area contributed by atoms with Crippen molar-refractivity contribution in [2.75, 3.05) is 0 Å². The van der Waals surface area contributed by atoms with E-state index in [0.29, 0.717) is 0 Å². The molecule has 11 heteroatoms. The number of hydrogen-bond acceptors (Lipinski definition) is 6. The van der Waals surface area contributed by atoms with Crippen molar-refractivity contribution in [2.24, 2.45) is 0 Å². The van der Waals surface area contributed by atoms with Gasteiger partial charge in [0.2, 0.25) is 5.88 Å². The van der Waals surface area contributed by atoms with Gasteiger partial charge in [-0.25, -0.2) is 18.6 Å². The quantitative estimate of drug-likeness (QED) is 0.518. The molecule has 0 spiro atoms. The number of pyridine rings is 1. The number of nitrogens with zero attached hydrogens (tertiary/aromatic N) is 3. The van der Waals surface area contributed by atoms with Gasteiger partial charge in [0.15, 0.2) is 0 Å². The Labute approximate surface area is 141 Å². The lowest BCUT2D eigenvalue weighted by atomic mass is 10.2. The highest BCUT2D eigenvalue weighted by atomic mass is 19.4. The normalized spacial score (nSPS) is 11.4. The fourth-order valence-electron chi connectivity index (χ4n) is 1.88. The standard InChI is InChI=1S/C15H6F5N3O3/c16-7-3-4-10(17)9(6-7)13-23-22-12(25-13)8-2-1-5-21-11(8)26-14(24)15(18,19)20/h1-6H. The topological polar surface area (TPSA) is 78.1 Å². The van der Waals surface area contributed by atoms with E-state index in [1.807, 2.05) is 0 Å². The molecule has 0 fully saturated rings. The van der Waals surface area contributed by atoms with Crippen molar-refractivity contribution in [1.29, 1.82) is 0 Å². The third-order valence-corrected chi connectivity index (χ3v) is 3.01. The first-order valence-electron chi connectivity index (χ1n) is 6.79. The van der Waals surface area contributed by atoms with Crippen molar-refractivity contribution < 1.29 is 35.9 Å². The molecule has 134 valence electrons. The van der Waals surface area contributed by atoms with E-state index in [9.17, 15) is 26.7 Å². The van der Waals surface area contributed by atoms with Crippen molar-refractivity contribution >= 4 is 5.97 Å². The molecule has 2 heterocycles. The van der Waals surface area contributed by atoms with Gasteiger partial charge in [-0.2, -0.15) is 13.2 Å². The zero-order valence-electron chi connectivity index (χ0n) is 12.4. The number of rotatable bonds is 3. The number of ether oxygens (including phenoxy) is 1. The summed E-state index contributed by atoms with van der Waals surface area (Å²) in [4.78, 5) is 14.5.